The number of hydrogen-bond acceptors (Lipinski definition) is 3. The highest BCUT2D eigenvalue weighted by Crippen LogP contribution is 2.33. The summed E-state index contributed by atoms with van der Waals surface area (Å²) < 4.78 is 27.4. The summed E-state index contributed by atoms with van der Waals surface area (Å²) in [6.07, 6.45) is 2.55. The summed E-state index contributed by atoms with van der Waals surface area (Å²) in [5.41, 5.74) is 0. The molecule has 1 N–H and O–H groups in total. The topological polar surface area (TPSA) is 57.6 Å². The van der Waals surface area contributed by atoms with Gasteiger partial charge >= 0.3 is 0 Å². The van der Waals surface area contributed by atoms with Gasteiger partial charge in [-0.1, -0.05) is 24.9 Å². The third-order valence-electron chi connectivity index (χ3n) is 4.14. The molecule has 1 heterocycles. The molecule has 1 saturated heterocycles. The second-order valence-electron chi connectivity index (χ2n) is 5.59. The van der Waals surface area contributed by atoms with Crippen molar-refractivity contribution in [3.05, 3.63) is 29.3 Å². The molecule has 21 heavy (non-hydrogen) atoms. The highest BCUT2D eigenvalue weighted by Gasteiger charge is 2.40. The van der Waals surface area contributed by atoms with E-state index in [9.17, 15) is 13.5 Å². The van der Waals surface area contributed by atoms with Crippen molar-refractivity contribution in [2.75, 3.05) is 0 Å². The van der Waals surface area contributed by atoms with E-state index in [1.54, 1.807) is 19.1 Å². The molecule has 2 rings (SSSR count). The highest BCUT2D eigenvalue weighted by atomic mass is 35.5. The smallest absolute Gasteiger partial charge is 0.243 e. The summed E-state index contributed by atoms with van der Waals surface area (Å²) in [6, 6.07) is 5.80. The van der Waals surface area contributed by atoms with Gasteiger partial charge in [0.05, 0.1) is 17.0 Å². The van der Waals surface area contributed by atoms with Crippen LogP contribution < -0.4 is 0 Å². The standard InChI is InChI=1S/C15H22ClNO3S/c1-3-13-5-4-6-15(11(2)18)17(13)21(19,20)14-9-7-12(16)8-10-14/h7-11,13,15,18H,3-6H2,1-2H3/t11?,13-,15-/m0/s1. The monoisotopic (exact) mass is 331 g/mol. The van der Waals surface area contributed by atoms with E-state index in [0.717, 1.165) is 19.3 Å². The fraction of sp³-hybridized carbons (Fsp3) is 0.600. The number of hydrogen-bond donors (Lipinski definition) is 1. The van der Waals surface area contributed by atoms with E-state index < -0.39 is 16.1 Å². The molecular weight excluding hydrogens is 310 g/mol. The summed E-state index contributed by atoms with van der Waals surface area (Å²) >= 11 is 5.83. The van der Waals surface area contributed by atoms with Gasteiger partial charge in [-0.3, -0.25) is 0 Å². The Morgan fingerprint density at radius 2 is 1.95 bits per heavy atom. The van der Waals surface area contributed by atoms with Gasteiger partial charge in [-0.25, -0.2) is 8.42 Å². The van der Waals surface area contributed by atoms with Crippen LogP contribution in [-0.4, -0.2) is 36.0 Å². The van der Waals surface area contributed by atoms with E-state index in [-0.39, 0.29) is 17.0 Å². The van der Waals surface area contributed by atoms with Gasteiger partial charge in [0.1, 0.15) is 0 Å². The molecule has 0 aromatic heterocycles. The van der Waals surface area contributed by atoms with E-state index >= 15 is 0 Å². The molecule has 1 unspecified atom stereocenters. The first-order valence-electron chi connectivity index (χ1n) is 7.35. The Labute approximate surface area is 131 Å². The predicted molar refractivity (Wildman–Crippen MR) is 83.9 cm³/mol. The lowest BCUT2D eigenvalue weighted by atomic mass is 9.94. The molecule has 0 aliphatic carbocycles. The fourth-order valence-electron chi connectivity index (χ4n) is 3.03. The molecule has 118 valence electrons. The molecule has 0 saturated carbocycles. The Hall–Kier alpha value is -0.620. The molecule has 1 aliphatic heterocycles. The molecule has 0 bridgehead atoms. The van der Waals surface area contributed by atoms with Gasteiger partial charge < -0.3 is 5.11 Å². The summed E-state index contributed by atoms with van der Waals surface area (Å²) in [7, 11) is -3.62. The molecule has 0 spiro atoms. The van der Waals surface area contributed by atoms with Gasteiger partial charge in [-0.05, 0) is 50.5 Å². The third-order valence-corrected chi connectivity index (χ3v) is 6.39. The van der Waals surface area contributed by atoms with Crippen molar-refractivity contribution >= 4 is 21.6 Å². The molecule has 3 atom stereocenters. The zero-order valence-electron chi connectivity index (χ0n) is 12.4. The normalized spacial score (nSPS) is 25.7. The number of halogens is 1. The Kier molecular flexibility index (Phi) is 5.30. The van der Waals surface area contributed by atoms with Crippen molar-refractivity contribution in [1.29, 1.82) is 0 Å². The van der Waals surface area contributed by atoms with Crippen LogP contribution in [0.3, 0.4) is 0 Å². The molecule has 1 fully saturated rings. The molecule has 0 amide bonds. The van der Waals surface area contributed by atoms with Crippen molar-refractivity contribution in [3.63, 3.8) is 0 Å². The van der Waals surface area contributed by atoms with Crippen LogP contribution in [0.25, 0.3) is 0 Å². The van der Waals surface area contributed by atoms with Crippen LogP contribution in [-0.2, 0) is 10.0 Å². The van der Waals surface area contributed by atoms with Crippen LogP contribution in [0.4, 0.5) is 0 Å². The Bertz CT molecular complexity index is 571. The lowest BCUT2D eigenvalue weighted by Gasteiger charge is -2.42. The van der Waals surface area contributed by atoms with Crippen LogP contribution in [0.2, 0.25) is 5.02 Å². The van der Waals surface area contributed by atoms with E-state index in [0.29, 0.717) is 11.4 Å². The zero-order chi connectivity index (χ0) is 15.6. The number of aliphatic hydroxyl groups is 1. The maximum Gasteiger partial charge on any atom is 0.243 e. The number of rotatable bonds is 4. The molecule has 1 aromatic carbocycles. The SMILES string of the molecule is CC[C@H]1CCC[C@@H](C(C)O)N1S(=O)(=O)c1ccc(Cl)cc1. The molecule has 0 radical (unpaired) electrons. The molecule has 4 nitrogen and oxygen atoms in total. The van der Waals surface area contributed by atoms with Gasteiger partial charge in [0.25, 0.3) is 0 Å². The van der Waals surface area contributed by atoms with Gasteiger partial charge in [-0.15, -0.1) is 0 Å². The average molecular weight is 332 g/mol. The minimum atomic E-state index is -3.62. The maximum atomic E-state index is 13.0. The van der Waals surface area contributed by atoms with Gasteiger partial charge in [0.2, 0.25) is 10.0 Å². The second kappa shape index (κ2) is 6.65. The van der Waals surface area contributed by atoms with Crippen molar-refractivity contribution in [1.82, 2.24) is 4.31 Å². The summed E-state index contributed by atoms with van der Waals surface area (Å²) in [6.45, 7) is 3.65. The van der Waals surface area contributed by atoms with Crippen LogP contribution in [0.1, 0.15) is 39.5 Å². The summed E-state index contributed by atoms with van der Waals surface area (Å²) in [5, 5.41) is 10.5. The van der Waals surface area contributed by atoms with Gasteiger partial charge in [-0.2, -0.15) is 4.31 Å². The third kappa shape index (κ3) is 3.42. The van der Waals surface area contributed by atoms with Crippen molar-refractivity contribution in [2.45, 2.75) is 62.6 Å². The minimum Gasteiger partial charge on any atom is -0.392 e. The summed E-state index contributed by atoms with van der Waals surface area (Å²) in [5.74, 6) is 0. The molecule has 6 heteroatoms. The lowest BCUT2D eigenvalue weighted by molar-refractivity contribution is 0.0565. The van der Waals surface area contributed by atoms with Crippen molar-refractivity contribution in [3.8, 4) is 0 Å². The van der Waals surface area contributed by atoms with Crippen LogP contribution in [0.5, 0.6) is 0 Å². The zero-order valence-corrected chi connectivity index (χ0v) is 13.9. The number of nitrogens with zero attached hydrogens (tertiary/aromatic N) is 1. The quantitative estimate of drug-likeness (QED) is 0.922. The van der Waals surface area contributed by atoms with Crippen LogP contribution in [0.15, 0.2) is 29.2 Å². The highest BCUT2D eigenvalue weighted by molar-refractivity contribution is 7.89. The number of aliphatic hydroxyl groups excluding tert-OH is 1. The fourth-order valence-corrected chi connectivity index (χ4v) is 5.16. The first-order chi connectivity index (χ1) is 9.87. The Balaban J connectivity index is 2.44. The van der Waals surface area contributed by atoms with Crippen molar-refractivity contribution < 1.29 is 13.5 Å². The first kappa shape index (κ1) is 16.7. The summed E-state index contributed by atoms with van der Waals surface area (Å²) in [4.78, 5) is 0.234. The largest absolute Gasteiger partial charge is 0.392 e. The number of sulfonamides is 1. The molecule has 1 aromatic rings. The molecular formula is C15H22ClNO3S. The van der Waals surface area contributed by atoms with Crippen LogP contribution in [0, 0.1) is 0 Å². The van der Waals surface area contributed by atoms with E-state index in [2.05, 4.69) is 0 Å². The second-order valence-corrected chi connectivity index (χ2v) is 7.87. The van der Waals surface area contributed by atoms with Gasteiger partial charge in [0.15, 0.2) is 0 Å². The predicted octanol–water partition coefficient (Wildman–Crippen LogP) is 3.04. The van der Waals surface area contributed by atoms with E-state index in [4.69, 9.17) is 11.6 Å². The lowest BCUT2D eigenvalue weighted by Crippen LogP contribution is -2.53. The maximum absolute atomic E-state index is 13.0. The van der Waals surface area contributed by atoms with Crippen molar-refractivity contribution in [2.24, 2.45) is 0 Å². The number of piperidine rings is 1. The Morgan fingerprint density at radius 3 is 2.48 bits per heavy atom. The van der Waals surface area contributed by atoms with Gasteiger partial charge in [0, 0.05) is 11.1 Å². The molecule has 1 aliphatic rings. The first-order valence-corrected chi connectivity index (χ1v) is 9.17. The van der Waals surface area contributed by atoms with E-state index in [1.807, 2.05) is 6.92 Å². The average Bonchev–Trinajstić information content (AvgIpc) is 2.46. The number of benzene rings is 1. The Morgan fingerprint density at radius 1 is 1.33 bits per heavy atom. The van der Waals surface area contributed by atoms with Crippen LogP contribution >= 0.6 is 11.6 Å². The van der Waals surface area contributed by atoms with E-state index in [1.165, 1.54) is 16.4 Å². The minimum absolute atomic E-state index is 0.0565.